The third-order valence-corrected chi connectivity index (χ3v) is 4.03. The maximum absolute atomic E-state index is 13.7. The van der Waals surface area contributed by atoms with Gasteiger partial charge in [-0.1, -0.05) is 15.9 Å². The molecule has 106 valence electrons. The Morgan fingerprint density at radius 3 is 3.00 bits per heavy atom. The molecule has 0 saturated heterocycles. The average molecular weight is 368 g/mol. The molecule has 3 aromatic rings. The Balaban J connectivity index is 1.97. The smallest absolute Gasteiger partial charge is 0.271 e. The van der Waals surface area contributed by atoms with E-state index in [-0.39, 0.29) is 11.3 Å². The molecule has 1 amide bonds. The van der Waals surface area contributed by atoms with E-state index in [9.17, 15) is 14.0 Å². The molecule has 1 aromatic carbocycles. The van der Waals surface area contributed by atoms with Crippen molar-refractivity contribution < 1.29 is 9.18 Å². The number of fused-ring (bicyclic) bond motifs is 1. The van der Waals surface area contributed by atoms with Crippen LogP contribution in [-0.2, 0) is 0 Å². The normalized spacial score (nSPS) is 10.8. The number of nitrogens with zero attached hydrogens (tertiary/aromatic N) is 2. The highest BCUT2D eigenvalue weighted by atomic mass is 79.9. The molecule has 8 heteroatoms. The summed E-state index contributed by atoms with van der Waals surface area (Å²) >= 11 is 4.41. The van der Waals surface area contributed by atoms with E-state index in [0.717, 1.165) is 0 Å². The molecule has 0 bridgehead atoms. The summed E-state index contributed by atoms with van der Waals surface area (Å²) in [7, 11) is 0. The van der Waals surface area contributed by atoms with Crippen molar-refractivity contribution in [2.75, 3.05) is 5.32 Å². The van der Waals surface area contributed by atoms with Crippen LogP contribution < -0.4 is 10.9 Å². The number of hydrogen-bond acceptors (Lipinski definition) is 4. The molecular weight excluding hydrogens is 361 g/mol. The van der Waals surface area contributed by atoms with E-state index in [1.165, 1.54) is 40.3 Å². The highest BCUT2D eigenvalue weighted by Gasteiger charge is 2.15. The van der Waals surface area contributed by atoms with Gasteiger partial charge in [-0.3, -0.25) is 14.0 Å². The first-order valence-corrected chi connectivity index (χ1v) is 7.45. The minimum absolute atomic E-state index is 0.00184. The quantitative estimate of drug-likeness (QED) is 0.757. The fourth-order valence-corrected chi connectivity index (χ4v) is 2.77. The van der Waals surface area contributed by atoms with Crippen molar-refractivity contribution in [2.45, 2.75) is 0 Å². The number of rotatable bonds is 2. The number of carbonyl (C=O) groups is 1. The zero-order valence-electron chi connectivity index (χ0n) is 10.3. The van der Waals surface area contributed by atoms with Crippen LogP contribution in [0.15, 0.2) is 45.2 Å². The molecule has 0 saturated carbocycles. The topological polar surface area (TPSA) is 63.5 Å². The largest absolute Gasteiger partial charge is 0.319 e. The summed E-state index contributed by atoms with van der Waals surface area (Å²) in [6.07, 6.45) is 2.73. The molecule has 21 heavy (non-hydrogen) atoms. The molecule has 0 atom stereocenters. The molecular formula is C13H7BrFN3O2S. The number of anilines is 1. The van der Waals surface area contributed by atoms with E-state index >= 15 is 0 Å². The van der Waals surface area contributed by atoms with Crippen molar-refractivity contribution >= 4 is 43.8 Å². The fraction of sp³-hybridized carbons (Fsp3) is 0. The zero-order valence-corrected chi connectivity index (χ0v) is 12.7. The summed E-state index contributed by atoms with van der Waals surface area (Å²) in [4.78, 5) is 28.7. The Bertz CT molecular complexity index is 906. The molecule has 3 rings (SSSR count). The van der Waals surface area contributed by atoms with Crippen LogP contribution in [0, 0.1) is 5.82 Å². The second-order valence-electron chi connectivity index (χ2n) is 4.11. The van der Waals surface area contributed by atoms with Crippen molar-refractivity contribution in [2.24, 2.45) is 0 Å². The summed E-state index contributed by atoms with van der Waals surface area (Å²) in [6, 6.07) is 4.22. The van der Waals surface area contributed by atoms with Gasteiger partial charge in [-0.05, 0) is 18.2 Å². The lowest BCUT2D eigenvalue weighted by atomic mass is 10.2. The van der Waals surface area contributed by atoms with Crippen LogP contribution in [0.5, 0.6) is 0 Å². The van der Waals surface area contributed by atoms with Gasteiger partial charge in [0, 0.05) is 22.2 Å². The lowest BCUT2D eigenvalue weighted by Crippen LogP contribution is -2.26. The molecule has 0 unspecified atom stereocenters. The number of thiazole rings is 1. The van der Waals surface area contributed by atoms with Crippen molar-refractivity contribution in [3.8, 4) is 0 Å². The maximum atomic E-state index is 13.7. The molecule has 0 fully saturated rings. The minimum Gasteiger partial charge on any atom is -0.319 e. The van der Waals surface area contributed by atoms with Crippen LogP contribution in [0.1, 0.15) is 10.4 Å². The van der Waals surface area contributed by atoms with E-state index in [4.69, 9.17) is 0 Å². The van der Waals surface area contributed by atoms with Crippen molar-refractivity contribution in [3.63, 3.8) is 0 Å². The number of halogens is 2. The molecule has 2 heterocycles. The monoisotopic (exact) mass is 367 g/mol. The third kappa shape index (κ3) is 2.59. The summed E-state index contributed by atoms with van der Waals surface area (Å²) < 4.78 is 15.5. The van der Waals surface area contributed by atoms with Gasteiger partial charge in [0.1, 0.15) is 11.4 Å². The number of carbonyl (C=O) groups excluding carboxylic acids is 1. The second kappa shape index (κ2) is 5.38. The number of amides is 1. The highest BCUT2D eigenvalue weighted by molar-refractivity contribution is 9.10. The Labute approximate surface area is 130 Å². The first kappa shape index (κ1) is 13.9. The minimum atomic E-state index is -0.700. The summed E-state index contributed by atoms with van der Waals surface area (Å²) in [5, 5.41) is 4.06. The van der Waals surface area contributed by atoms with Gasteiger partial charge in [0.25, 0.3) is 11.5 Å². The average Bonchev–Trinajstić information content (AvgIpc) is 2.91. The van der Waals surface area contributed by atoms with Crippen LogP contribution in [0.3, 0.4) is 0 Å². The molecule has 0 aliphatic carbocycles. The van der Waals surface area contributed by atoms with Gasteiger partial charge in [0.15, 0.2) is 4.96 Å². The molecule has 0 spiro atoms. The van der Waals surface area contributed by atoms with E-state index in [0.29, 0.717) is 9.43 Å². The Morgan fingerprint density at radius 1 is 1.43 bits per heavy atom. The predicted molar refractivity (Wildman–Crippen MR) is 81.4 cm³/mol. The van der Waals surface area contributed by atoms with Gasteiger partial charge in [0.2, 0.25) is 0 Å². The summed E-state index contributed by atoms with van der Waals surface area (Å²) in [5.74, 6) is -1.29. The van der Waals surface area contributed by atoms with Gasteiger partial charge in [-0.25, -0.2) is 9.37 Å². The van der Waals surface area contributed by atoms with Gasteiger partial charge in [-0.2, -0.15) is 0 Å². The lowest BCUT2D eigenvalue weighted by Gasteiger charge is -2.06. The standard InChI is InChI=1S/C13H7BrFN3O2S/c14-7-1-2-10(9(15)5-7)17-11(19)8-6-16-13-18(12(8)20)3-4-21-13/h1-6H,(H,17,19). The third-order valence-electron chi connectivity index (χ3n) is 2.77. The molecule has 5 nitrogen and oxygen atoms in total. The van der Waals surface area contributed by atoms with Crippen LogP contribution >= 0.6 is 27.3 Å². The van der Waals surface area contributed by atoms with Crippen LogP contribution in [0.2, 0.25) is 0 Å². The number of nitrogens with one attached hydrogen (secondary N) is 1. The molecule has 2 aromatic heterocycles. The number of hydrogen-bond donors (Lipinski definition) is 1. The van der Waals surface area contributed by atoms with Gasteiger partial charge >= 0.3 is 0 Å². The molecule has 0 aliphatic rings. The van der Waals surface area contributed by atoms with Gasteiger partial charge in [0.05, 0.1) is 5.69 Å². The lowest BCUT2D eigenvalue weighted by molar-refractivity contribution is 0.102. The van der Waals surface area contributed by atoms with Crippen molar-refractivity contribution in [1.29, 1.82) is 0 Å². The Kier molecular flexibility index (Phi) is 3.56. The Hall–Kier alpha value is -2.06. The van der Waals surface area contributed by atoms with Crippen LogP contribution in [-0.4, -0.2) is 15.3 Å². The van der Waals surface area contributed by atoms with E-state index in [1.807, 2.05) is 0 Å². The SMILES string of the molecule is O=C(Nc1ccc(Br)cc1F)c1cnc2sccn2c1=O. The first-order chi connectivity index (χ1) is 10.1. The fourth-order valence-electron chi connectivity index (χ4n) is 1.76. The molecule has 1 N–H and O–H groups in total. The molecule has 0 radical (unpaired) electrons. The maximum Gasteiger partial charge on any atom is 0.271 e. The molecule has 0 aliphatic heterocycles. The van der Waals surface area contributed by atoms with Crippen LogP contribution in [0.25, 0.3) is 4.96 Å². The van der Waals surface area contributed by atoms with E-state index in [1.54, 1.807) is 11.4 Å². The van der Waals surface area contributed by atoms with Gasteiger partial charge in [-0.15, -0.1) is 11.3 Å². The number of benzene rings is 1. The van der Waals surface area contributed by atoms with Gasteiger partial charge < -0.3 is 5.32 Å². The van der Waals surface area contributed by atoms with E-state index < -0.39 is 17.3 Å². The highest BCUT2D eigenvalue weighted by Crippen LogP contribution is 2.19. The van der Waals surface area contributed by atoms with Crippen molar-refractivity contribution in [3.05, 3.63) is 62.2 Å². The van der Waals surface area contributed by atoms with Crippen molar-refractivity contribution in [1.82, 2.24) is 9.38 Å². The number of aromatic nitrogens is 2. The van der Waals surface area contributed by atoms with Crippen LogP contribution in [0.4, 0.5) is 10.1 Å². The van der Waals surface area contributed by atoms with E-state index in [2.05, 4.69) is 26.2 Å². The summed E-state index contributed by atoms with van der Waals surface area (Å²) in [6.45, 7) is 0. The Morgan fingerprint density at radius 2 is 2.24 bits per heavy atom. The first-order valence-electron chi connectivity index (χ1n) is 5.77. The zero-order chi connectivity index (χ0) is 15.0. The second-order valence-corrected chi connectivity index (χ2v) is 5.90. The summed E-state index contributed by atoms with van der Waals surface area (Å²) in [5.41, 5.74) is -0.637. The predicted octanol–water partition coefficient (Wildman–Crippen LogP) is 2.91.